The van der Waals surface area contributed by atoms with E-state index >= 15 is 0 Å². The van der Waals surface area contributed by atoms with Gasteiger partial charge in [-0.2, -0.15) is 0 Å². The van der Waals surface area contributed by atoms with Crippen molar-refractivity contribution < 1.29 is 9.59 Å². The lowest BCUT2D eigenvalue weighted by molar-refractivity contribution is -0.145. The van der Waals surface area contributed by atoms with Gasteiger partial charge in [-0.05, 0) is 18.9 Å². The van der Waals surface area contributed by atoms with E-state index in [1.165, 1.54) is 0 Å². The summed E-state index contributed by atoms with van der Waals surface area (Å²) in [7, 11) is 1.78. The van der Waals surface area contributed by atoms with Crippen molar-refractivity contribution in [2.45, 2.75) is 19.4 Å². The molecule has 2 aliphatic heterocycles. The van der Waals surface area contributed by atoms with E-state index in [9.17, 15) is 9.59 Å². The zero-order valence-electron chi connectivity index (χ0n) is 9.90. The number of hydrogen-bond donors (Lipinski definition) is 1. The average Bonchev–Trinajstić information content (AvgIpc) is 2.67. The topological polar surface area (TPSA) is 52.7 Å². The number of nitrogens with one attached hydrogen (secondary N) is 1. The van der Waals surface area contributed by atoms with E-state index in [0.717, 1.165) is 13.0 Å². The minimum absolute atomic E-state index is 0.0326. The standard InChI is InChI=1S/C11H19N3O2/c1-8-3-4-12-10(8)11(16)14-6-5-13(2)9(15)7-14/h8,10,12H,3-7H2,1-2H3. The van der Waals surface area contributed by atoms with Crippen molar-refractivity contribution in [2.24, 2.45) is 5.92 Å². The fourth-order valence-electron chi connectivity index (χ4n) is 2.31. The van der Waals surface area contributed by atoms with Crippen LogP contribution >= 0.6 is 0 Å². The Balaban J connectivity index is 1.97. The lowest BCUT2D eigenvalue weighted by Crippen LogP contribution is -2.55. The zero-order valence-corrected chi connectivity index (χ0v) is 9.90. The maximum atomic E-state index is 12.2. The summed E-state index contributed by atoms with van der Waals surface area (Å²) in [6.07, 6.45) is 1.04. The first-order valence-corrected chi connectivity index (χ1v) is 5.85. The van der Waals surface area contributed by atoms with Crippen LogP contribution in [0.15, 0.2) is 0 Å². The highest BCUT2D eigenvalue weighted by Crippen LogP contribution is 2.17. The normalized spacial score (nSPS) is 31.0. The lowest BCUT2D eigenvalue weighted by Gasteiger charge is -2.34. The minimum atomic E-state index is -0.0868. The molecule has 16 heavy (non-hydrogen) atoms. The Bertz CT molecular complexity index is 306. The Kier molecular flexibility index (Phi) is 3.14. The van der Waals surface area contributed by atoms with Gasteiger partial charge in [0.1, 0.15) is 0 Å². The van der Waals surface area contributed by atoms with E-state index in [1.54, 1.807) is 16.8 Å². The molecule has 5 heteroatoms. The monoisotopic (exact) mass is 225 g/mol. The summed E-state index contributed by atoms with van der Waals surface area (Å²) in [4.78, 5) is 27.0. The molecule has 0 spiro atoms. The van der Waals surface area contributed by atoms with Gasteiger partial charge in [0.15, 0.2) is 0 Å². The number of nitrogens with zero attached hydrogens (tertiary/aromatic N) is 2. The summed E-state index contributed by atoms with van der Waals surface area (Å²) in [5.74, 6) is 0.499. The first-order valence-electron chi connectivity index (χ1n) is 5.85. The number of carbonyl (C=O) groups excluding carboxylic acids is 2. The number of amides is 2. The van der Waals surface area contributed by atoms with Gasteiger partial charge in [-0.15, -0.1) is 0 Å². The third-order valence-electron chi connectivity index (χ3n) is 3.57. The third kappa shape index (κ3) is 2.04. The predicted octanol–water partition coefficient (Wildman–Crippen LogP) is -0.715. The van der Waals surface area contributed by atoms with Crippen LogP contribution in [0, 0.1) is 5.92 Å². The Morgan fingerprint density at radius 1 is 1.44 bits per heavy atom. The van der Waals surface area contributed by atoms with Gasteiger partial charge in [-0.3, -0.25) is 9.59 Å². The second-order valence-corrected chi connectivity index (χ2v) is 4.77. The Hall–Kier alpha value is -1.10. The van der Waals surface area contributed by atoms with Crippen molar-refractivity contribution in [2.75, 3.05) is 33.2 Å². The van der Waals surface area contributed by atoms with Gasteiger partial charge in [0, 0.05) is 20.1 Å². The van der Waals surface area contributed by atoms with Crippen LogP contribution in [-0.4, -0.2) is 60.9 Å². The van der Waals surface area contributed by atoms with E-state index < -0.39 is 0 Å². The summed E-state index contributed by atoms with van der Waals surface area (Å²) in [5, 5.41) is 3.21. The van der Waals surface area contributed by atoms with E-state index in [-0.39, 0.29) is 24.4 Å². The molecule has 90 valence electrons. The van der Waals surface area contributed by atoms with E-state index in [1.807, 2.05) is 0 Å². The highest BCUT2D eigenvalue weighted by atomic mass is 16.2. The first kappa shape index (κ1) is 11.4. The summed E-state index contributed by atoms with van der Waals surface area (Å²) in [6.45, 7) is 4.53. The van der Waals surface area contributed by atoms with E-state index in [4.69, 9.17) is 0 Å². The SMILES string of the molecule is CC1CCNC1C(=O)N1CCN(C)C(=O)C1. The lowest BCUT2D eigenvalue weighted by atomic mass is 10.0. The van der Waals surface area contributed by atoms with Gasteiger partial charge in [0.2, 0.25) is 11.8 Å². The Morgan fingerprint density at radius 3 is 2.75 bits per heavy atom. The molecule has 2 aliphatic rings. The number of carbonyl (C=O) groups is 2. The van der Waals surface area contributed by atoms with Gasteiger partial charge in [-0.25, -0.2) is 0 Å². The van der Waals surface area contributed by atoms with Crippen molar-refractivity contribution in [3.8, 4) is 0 Å². The molecule has 2 saturated heterocycles. The highest BCUT2D eigenvalue weighted by Gasteiger charge is 2.34. The third-order valence-corrected chi connectivity index (χ3v) is 3.57. The molecule has 0 aromatic carbocycles. The molecule has 0 aromatic heterocycles. The molecule has 5 nitrogen and oxygen atoms in total. The van der Waals surface area contributed by atoms with Crippen LogP contribution < -0.4 is 5.32 Å². The van der Waals surface area contributed by atoms with Crippen LogP contribution in [0.5, 0.6) is 0 Å². The number of rotatable bonds is 1. The van der Waals surface area contributed by atoms with Crippen LogP contribution in [0.2, 0.25) is 0 Å². The Morgan fingerprint density at radius 2 is 2.19 bits per heavy atom. The van der Waals surface area contributed by atoms with Gasteiger partial charge in [0.25, 0.3) is 0 Å². The molecule has 0 aromatic rings. The second kappa shape index (κ2) is 4.41. The smallest absolute Gasteiger partial charge is 0.241 e. The molecule has 2 unspecified atom stereocenters. The molecular formula is C11H19N3O2. The largest absolute Gasteiger partial charge is 0.342 e. The predicted molar refractivity (Wildman–Crippen MR) is 59.8 cm³/mol. The molecule has 2 atom stereocenters. The molecule has 2 rings (SSSR count). The summed E-state index contributed by atoms with van der Waals surface area (Å²) < 4.78 is 0. The zero-order chi connectivity index (χ0) is 11.7. The number of piperazine rings is 1. The quantitative estimate of drug-likeness (QED) is 0.641. The molecule has 2 amide bonds. The van der Waals surface area contributed by atoms with Crippen LogP contribution in [0.25, 0.3) is 0 Å². The minimum Gasteiger partial charge on any atom is -0.342 e. The fourth-order valence-corrected chi connectivity index (χ4v) is 2.31. The van der Waals surface area contributed by atoms with Crippen molar-refractivity contribution in [3.05, 3.63) is 0 Å². The average molecular weight is 225 g/mol. The fraction of sp³-hybridized carbons (Fsp3) is 0.818. The number of hydrogen-bond acceptors (Lipinski definition) is 3. The van der Waals surface area contributed by atoms with Crippen LogP contribution in [-0.2, 0) is 9.59 Å². The van der Waals surface area contributed by atoms with Gasteiger partial charge < -0.3 is 15.1 Å². The van der Waals surface area contributed by atoms with Crippen molar-refractivity contribution >= 4 is 11.8 Å². The van der Waals surface area contributed by atoms with Crippen LogP contribution in [0.3, 0.4) is 0 Å². The highest BCUT2D eigenvalue weighted by molar-refractivity contribution is 5.88. The molecule has 0 saturated carbocycles. The summed E-state index contributed by atoms with van der Waals surface area (Å²) >= 11 is 0. The number of likely N-dealkylation sites (N-methyl/N-ethyl adjacent to an activating group) is 1. The maximum absolute atomic E-state index is 12.2. The van der Waals surface area contributed by atoms with E-state index in [2.05, 4.69) is 12.2 Å². The molecule has 1 N–H and O–H groups in total. The molecule has 0 bridgehead atoms. The Labute approximate surface area is 95.8 Å². The van der Waals surface area contributed by atoms with Crippen molar-refractivity contribution in [1.82, 2.24) is 15.1 Å². The molecule has 2 fully saturated rings. The van der Waals surface area contributed by atoms with Gasteiger partial charge in [-0.1, -0.05) is 6.92 Å². The molecule has 0 radical (unpaired) electrons. The van der Waals surface area contributed by atoms with E-state index in [0.29, 0.717) is 19.0 Å². The van der Waals surface area contributed by atoms with Crippen LogP contribution in [0.1, 0.15) is 13.3 Å². The van der Waals surface area contributed by atoms with Crippen molar-refractivity contribution in [1.29, 1.82) is 0 Å². The first-order chi connectivity index (χ1) is 7.59. The van der Waals surface area contributed by atoms with Crippen molar-refractivity contribution in [3.63, 3.8) is 0 Å². The summed E-state index contributed by atoms with van der Waals surface area (Å²) in [5.41, 5.74) is 0. The van der Waals surface area contributed by atoms with Gasteiger partial charge in [0.05, 0.1) is 12.6 Å². The maximum Gasteiger partial charge on any atom is 0.241 e. The molecule has 2 heterocycles. The molecular weight excluding hydrogens is 206 g/mol. The summed E-state index contributed by atoms with van der Waals surface area (Å²) in [6, 6.07) is -0.0868. The van der Waals surface area contributed by atoms with Crippen LogP contribution in [0.4, 0.5) is 0 Å². The molecule has 0 aliphatic carbocycles. The second-order valence-electron chi connectivity index (χ2n) is 4.77. The van der Waals surface area contributed by atoms with Gasteiger partial charge >= 0.3 is 0 Å².